The summed E-state index contributed by atoms with van der Waals surface area (Å²) in [6.07, 6.45) is 7.36. The van der Waals surface area contributed by atoms with Crippen LogP contribution >= 0.6 is 22.6 Å². The van der Waals surface area contributed by atoms with Gasteiger partial charge in [-0.15, -0.1) is 0 Å². The summed E-state index contributed by atoms with van der Waals surface area (Å²) in [5, 5.41) is 29.8. The Morgan fingerprint density at radius 2 is 1.93 bits per heavy atom. The van der Waals surface area contributed by atoms with Crippen molar-refractivity contribution in [2.75, 3.05) is 13.7 Å². The van der Waals surface area contributed by atoms with Crippen molar-refractivity contribution in [2.24, 2.45) is 17.8 Å². The van der Waals surface area contributed by atoms with Crippen LogP contribution in [0.15, 0.2) is 28.9 Å². The Balaban J connectivity index is 1.51. The first-order chi connectivity index (χ1) is 20.1. The maximum absolute atomic E-state index is 13.6. The van der Waals surface area contributed by atoms with Crippen molar-refractivity contribution in [3.63, 3.8) is 0 Å². The Labute approximate surface area is 261 Å². The zero-order valence-corrected chi connectivity index (χ0v) is 26.8. The highest BCUT2D eigenvalue weighted by Gasteiger charge is 2.56. The maximum Gasteiger partial charge on any atom is 0.455 e. The summed E-state index contributed by atoms with van der Waals surface area (Å²) < 4.78 is 12.1. The largest absolute Gasteiger partial charge is 0.504 e. The number of hydrogen-bond donors (Lipinski definition) is 3. The molecule has 0 spiro atoms. The lowest BCUT2D eigenvalue weighted by Gasteiger charge is -2.43. The number of aromatic hydroxyl groups is 1. The molecule has 3 N–H and O–H groups in total. The Hall–Kier alpha value is -2.38. The number of carboxylic acids is 1. The number of phenols is 1. The monoisotopic (exact) mass is 693 g/mol. The van der Waals surface area contributed by atoms with Crippen LogP contribution in [-0.2, 0) is 19.0 Å². The number of hydrogen-bond acceptors (Lipinski definition) is 7. The van der Waals surface area contributed by atoms with Crippen LogP contribution < -0.4 is 4.74 Å². The van der Waals surface area contributed by atoms with Gasteiger partial charge in [-0.2, -0.15) is 0 Å². The standard InChI is InChI=1S/C31H41BINO8/c1-4-18(13-19-14-23(33)29(37)25(15-19)41-3)10-11-24-27-20(5-2)16-21-28(22(27)17-32(40)42-24)31(39)34(30(21)38)12-8-6-7-9-26(35)36/h13-15,21-22,24,28,37,40H,4-12,16-17H2,1-3H3,(H,35,36)/b18-13+/t21-,22+,24-,28-/m1/s1. The van der Waals surface area contributed by atoms with Crippen molar-refractivity contribution in [2.45, 2.75) is 84.1 Å². The van der Waals surface area contributed by atoms with Crippen LogP contribution in [0.25, 0.3) is 6.08 Å². The highest BCUT2D eigenvalue weighted by atomic mass is 127. The predicted molar refractivity (Wildman–Crippen MR) is 168 cm³/mol. The molecule has 0 unspecified atom stereocenters. The molecule has 9 nitrogen and oxygen atoms in total. The molecular formula is C31H41BINO8. The number of ether oxygens (including phenoxy) is 1. The van der Waals surface area contributed by atoms with Crippen molar-refractivity contribution in [3.05, 3.63) is 38.0 Å². The fourth-order valence-electron chi connectivity index (χ4n) is 6.85. The van der Waals surface area contributed by atoms with Gasteiger partial charge in [0.25, 0.3) is 0 Å². The number of aliphatic carboxylic acids is 1. The smallest absolute Gasteiger partial charge is 0.455 e. The number of halogens is 1. The number of unbranched alkanes of at least 4 members (excludes halogenated alkanes) is 2. The zero-order chi connectivity index (χ0) is 30.6. The van der Waals surface area contributed by atoms with Crippen LogP contribution in [0, 0.1) is 21.3 Å². The number of allylic oxidation sites excluding steroid dienone is 2. The number of likely N-dealkylation sites (tertiary alicyclic amines) is 1. The summed E-state index contributed by atoms with van der Waals surface area (Å²) in [6.45, 7) is 4.47. The van der Waals surface area contributed by atoms with E-state index in [0.29, 0.717) is 54.3 Å². The molecule has 11 heteroatoms. The Morgan fingerprint density at radius 1 is 1.17 bits per heavy atom. The van der Waals surface area contributed by atoms with E-state index in [-0.39, 0.29) is 36.0 Å². The summed E-state index contributed by atoms with van der Waals surface area (Å²) in [7, 11) is 0.519. The Morgan fingerprint density at radius 3 is 2.60 bits per heavy atom. The molecule has 228 valence electrons. The van der Waals surface area contributed by atoms with Crippen molar-refractivity contribution in [3.8, 4) is 11.5 Å². The minimum Gasteiger partial charge on any atom is -0.504 e. The molecule has 2 fully saturated rings. The highest BCUT2D eigenvalue weighted by molar-refractivity contribution is 14.1. The van der Waals surface area contributed by atoms with Gasteiger partial charge in [0.1, 0.15) is 0 Å². The van der Waals surface area contributed by atoms with E-state index >= 15 is 0 Å². The summed E-state index contributed by atoms with van der Waals surface area (Å²) in [6, 6.07) is 3.72. The molecule has 4 rings (SSSR count). The third kappa shape index (κ3) is 7.05. The normalized spacial score (nSPS) is 24.3. The van der Waals surface area contributed by atoms with Crippen LogP contribution in [-0.4, -0.2) is 64.8 Å². The lowest BCUT2D eigenvalue weighted by molar-refractivity contribution is -0.141. The van der Waals surface area contributed by atoms with Crippen molar-refractivity contribution < 1.29 is 39.0 Å². The van der Waals surface area contributed by atoms with Gasteiger partial charge in [-0.3, -0.25) is 19.3 Å². The molecule has 0 saturated carbocycles. The van der Waals surface area contributed by atoms with E-state index in [1.54, 1.807) is 0 Å². The van der Waals surface area contributed by atoms with Gasteiger partial charge in [-0.1, -0.05) is 37.5 Å². The highest BCUT2D eigenvalue weighted by Crippen LogP contribution is 2.51. The maximum atomic E-state index is 13.6. The van der Waals surface area contributed by atoms with Crippen LogP contribution in [0.1, 0.15) is 77.2 Å². The van der Waals surface area contributed by atoms with E-state index in [2.05, 4.69) is 42.5 Å². The van der Waals surface area contributed by atoms with Crippen LogP contribution in [0.2, 0.25) is 6.32 Å². The van der Waals surface area contributed by atoms with E-state index in [9.17, 15) is 24.5 Å². The van der Waals surface area contributed by atoms with E-state index in [1.165, 1.54) is 17.6 Å². The van der Waals surface area contributed by atoms with E-state index in [0.717, 1.165) is 36.0 Å². The second-order valence-electron chi connectivity index (χ2n) is 11.5. The Kier molecular flexibility index (Phi) is 11.2. The first kappa shape index (κ1) is 32.5. The Bertz CT molecular complexity index is 1260. The number of carbonyl (C=O) groups is 3. The van der Waals surface area contributed by atoms with E-state index in [4.69, 9.17) is 14.5 Å². The molecule has 2 saturated heterocycles. The fraction of sp³-hybridized carbons (Fsp3) is 0.581. The van der Waals surface area contributed by atoms with Gasteiger partial charge >= 0.3 is 13.1 Å². The summed E-state index contributed by atoms with van der Waals surface area (Å²) in [5.74, 6) is -1.75. The van der Waals surface area contributed by atoms with Gasteiger partial charge in [0.2, 0.25) is 11.8 Å². The lowest BCUT2D eigenvalue weighted by Crippen LogP contribution is -2.46. The SMILES string of the molecule is CCC1=C2[C@@H](CC/C(=C/c3cc(I)c(O)c(OC)c3)CC)OB(O)C[C@@H]2[C@@H]2C(=O)N(CCCCCC(=O)O)C(=O)[C@@H]2C1. The molecule has 0 radical (unpaired) electrons. The van der Waals surface area contributed by atoms with Crippen molar-refractivity contribution in [1.82, 2.24) is 4.90 Å². The summed E-state index contributed by atoms with van der Waals surface area (Å²) in [4.78, 5) is 39.2. The number of amides is 2. The number of carbonyl (C=O) groups excluding carboxylic acids is 2. The average Bonchev–Trinajstić information content (AvgIpc) is 3.20. The zero-order valence-electron chi connectivity index (χ0n) is 24.6. The molecule has 0 bridgehead atoms. The minimum absolute atomic E-state index is 0.0823. The van der Waals surface area contributed by atoms with Gasteiger partial charge in [0, 0.05) is 13.0 Å². The fourth-order valence-corrected chi connectivity index (χ4v) is 7.47. The van der Waals surface area contributed by atoms with Crippen LogP contribution in [0.5, 0.6) is 11.5 Å². The first-order valence-corrected chi connectivity index (χ1v) is 16.1. The van der Waals surface area contributed by atoms with Gasteiger partial charge in [-0.05, 0) is 103 Å². The number of fused-ring (bicyclic) bond motifs is 3. The minimum atomic E-state index is -1.01. The first-order valence-electron chi connectivity index (χ1n) is 15.0. The predicted octanol–water partition coefficient (Wildman–Crippen LogP) is 5.43. The second kappa shape index (κ2) is 14.4. The van der Waals surface area contributed by atoms with E-state index in [1.807, 2.05) is 12.1 Å². The molecular weight excluding hydrogens is 652 g/mol. The van der Waals surface area contributed by atoms with Gasteiger partial charge in [0.15, 0.2) is 11.5 Å². The van der Waals surface area contributed by atoms with E-state index < -0.39 is 24.9 Å². The van der Waals surface area contributed by atoms with Gasteiger partial charge in [0.05, 0.1) is 28.6 Å². The number of phenolic OH excluding ortho intramolecular Hbond substituents is 1. The number of methoxy groups -OCH3 is 1. The van der Waals surface area contributed by atoms with Crippen LogP contribution in [0.3, 0.4) is 0 Å². The number of benzene rings is 1. The molecule has 4 atom stereocenters. The van der Waals surface area contributed by atoms with Crippen LogP contribution in [0.4, 0.5) is 0 Å². The number of rotatable bonds is 13. The van der Waals surface area contributed by atoms with Gasteiger partial charge < -0.3 is 24.6 Å². The lowest BCUT2D eigenvalue weighted by atomic mass is 9.58. The summed E-state index contributed by atoms with van der Waals surface area (Å²) in [5.41, 5.74) is 4.36. The average molecular weight is 693 g/mol. The second-order valence-corrected chi connectivity index (χ2v) is 12.6. The van der Waals surface area contributed by atoms with Crippen molar-refractivity contribution in [1.29, 1.82) is 0 Å². The number of imide groups is 1. The molecule has 2 aliphatic heterocycles. The summed E-state index contributed by atoms with van der Waals surface area (Å²) >= 11 is 2.08. The number of nitrogens with zero attached hydrogens (tertiary/aromatic N) is 1. The molecule has 1 aromatic rings. The molecule has 2 amide bonds. The topological polar surface area (TPSA) is 134 Å². The molecule has 0 aromatic heterocycles. The third-order valence-electron chi connectivity index (χ3n) is 8.92. The third-order valence-corrected chi connectivity index (χ3v) is 9.74. The molecule has 42 heavy (non-hydrogen) atoms. The number of carboxylic acid groups (broad SMARTS) is 1. The molecule has 1 aromatic carbocycles. The van der Waals surface area contributed by atoms with Gasteiger partial charge in [-0.25, -0.2) is 0 Å². The quantitative estimate of drug-likeness (QED) is 0.0820. The molecule has 1 aliphatic carbocycles. The molecule has 2 heterocycles. The molecule has 3 aliphatic rings. The van der Waals surface area contributed by atoms with Crippen molar-refractivity contribution >= 4 is 53.6 Å².